The summed E-state index contributed by atoms with van der Waals surface area (Å²) >= 11 is 0. The average molecular weight is 281 g/mol. The number of para-hydroxylation sites is 1. The minimum absolute atomic E-state index is 0.175. The van der Waals surface area contributed by atoms with Crippen LogP contribution in [0.2, 0.25) is 0 Å². The Balaban J connectivity index is 2.34. The Morgan fingerprint density at radius 1 is 1.24 bits per heavy atom. The van der Waals surface area contributed by atoms with E-state index < -0.39 is 0 Å². The molecule has 1 N–H and O–H groups in total. The number of hydrogen-bond donors (Lipinski definition) is 1. The second-order valence-corrected chi connectivity index (χ2v) is 4.55. The fourth-order valence-corrected chi connectivity index (χ4v) is 2.00. The van der Waals surface area contributed by atoms with Gasteiger partial charge in [-0.05, 0) is 43.2 Å². The maximum atomic E-state index is 10.1. The fraction of sp³-hybridized carbons (Fsp3) is 0.167. The number of aliphatic imine (C=N–C) groups is 1. The molecule has 108 valence electrons. The van der Waals surface area contributed by atoms with Crippen molar-refractivity contribution in [2.24, 2.45) is 4.99 Å². The Morgan fingerprint density at radius 3 is 2.67 bits per heavy atom. The van der Waals surface area contributed by atoms with Crippen molar-refractivity contribution >= 4 is 11.9 Å². The van der Waals surface area contributed by atoms with Gasteiger partial charge in [-0.15, -0.1) is 6.58 Å². The molecule has 0 aliphatic rings. The molecule has 3 nitrogen and oxygen atoms in total. The van der Waals surface area contributed by atoms with Crippen LogP contribution >= 0.6 is 0 Å². The largest absolute Gasteiger partial charge is 0.504 e. The van der Waals surface area contributed by atoms with Crippen LogP contribution in [0.1, 0.15) is 18.1 Å². The molecule has 0 radical (unpaired) electrons. The topological polar surface area (TPSA) is 41.8 Å². The quantitative estimate of drug-likeness (QED) is 0.634. The Labute approximate surface area is 125 Å². The number of phenols is 1. The van der Waals surface area contributed by atoms with Gasteiger partial charge in [-0.3, -0.25) is 4.99 Å². The zero-order valence-corrected chi connectivity index (χ0v) is 12.1. The lowest BCUT2D eigenvalue weighted by molar-refractivity contribution is 0.317. The molecule has 0 fully saturated rings. The van der Waals surface area contributed by atoms with Crippen molar-refractivity contribution in [3.63, 3.8) is 0 Å². The molecule has 0 aromatic heterocycles. The van der Waals surface area contributed by atoms with Gasteiger partial charge < -0.3 is 9.84 Å². The smallest absolute Gasteiger partial charge is 0.161 e. The molecular weight excluding hydrogens is 262 g/mol. The molecule has 0 unspecified atom stereocenters. The predicted octanol–water partition coefficient (Wildman–Crippen LogP) is 4.27. The van der Waals surface area contributed by atoms with Crippen molar-refractivity contribution in [3.05, 3.63) is 66.2 Å². The lowest BCUT2D eigenvalue weighted by Gasteiger charge is -2.10. The third-order valence-electron chi connectivity index (χ3n) is 2.96. The molecule has 0 saturated heterocycles. The fourth-order valence-electron chi connectivity index (χ4n) is 2.00. The summed E-state index contributed by atoms with van der Waals surface area (Å²) in [5, 5.41) is 10.1. The number of nitrogens with zero attached hydrogens (tertiary/aromatic N) is 1. The Hall–Kier alpha value is -2.55. The van der Waals surface area contributed by atoms with Gasteiger partial charge in [0.2, 0.25) is 0 Å². The van der Waals surface area contributed by atoms with Crippen LogP contribution in [-0.4, -0.2) is 17.9 Å². The van der Waals surface area contributed by atoms with Gasteiger partial charge in [-0.2, -0.15) is 0 Å². The first kappa shape index (κ1) is 14.9. The molecule has 0 amide bonds. The average Bonchev–Trinajstić information content (AvgIpc) is 2.51. The second kappa shape index (κ2) is 7.29. The maximum Gasteiger partial charge on any atom is 0.161 e. The lowest BCUT2D eigenvalue weighted by atomic mass is 10.1. The number of aromatic hydroxyl groups is 1. The van der Waals surface area contributed by atoms with Crippen LogP contribution in [0.5, 0.6) is 11.5 Å². The van der Waals surface area contributed by atoms with Crippen LogP contribution < -0.4 is 4.74 Å². The highest BCUT2D eigenvalue weighted by Gasteiger charge is 2.09. The first-order chi connectivity index (χ1) is 10.2. The summed E-state index contributed by atoms with van der Waals surface area (Å²) in [6.07, 6.45) is 4.10. The number of rotatable bonds is 6. The Kier molecular flexibility index (Phi) is 5.16. The zero-order chi connectivity index (χ0) is 15.1. The van der Waals surface area contributed by atoms with Crippen molar-refractivity contribution in [3.8, 4) is 11.5 Å². The SMILES string of the molecule is C=CCc1cc(C=Nc2ccccc2)cc(OCC)c1O. The van der Waals surface area contributed by atoms with Gasteiger partial charge in [-0.25, -0.2) is 0 Å². The summed E-state index contributed by atoms with van der Waals surface area (Å²) in [5.41, 5.74) is 2.55. The Morgan fingerprint density at radius 2 is 2.00 bits per heavy atom. The van der Waals surface area contributed by atoms with E-state index in [4.69, 9.17) is 4.74 Å². The number of hydrogen-bond acceptors (Lipinski definition) is 3. The number of allylic oxidation sites excluding steroid dienone is 1. The van der Waals surface area contributed by atoms with E-state index in [0.29, 0.717) is 18.8 Å². The van der Waals surface area contributed by atoms with Gasteiger partial charge in [0, 0.05) is 11.8 Å². The highest BCUT2D eigenvalue weighted by molar-refractivity contribution is 5.83. The van der Waals surface area contributed by atoms with Gasteiger partial charge in [0.15, 0.2) is 11.5 Å². The molecule has 2 aromatic rings. The van der Waals surface area contributed by atoms with E-state index in [9.17, 15) is 5.11 Å². The van der Waals surface area contributed by atoms with Crippen LogP contribution in [0.3, 0.4) is 0 Å². The molecule has 21 heavy (non-hydrogen) atoms. The van der Waals surface area contributed by atoms with Crippen molar-refractivity contribution in [2.45, 2.75) is 13.3 Å². The third kappa shape index (κ3) is 3.96. The molecule has 2 rings (SSSR count). The molecule has 0 aliphatic heterocycles. The highest BCUT2D eigenvalue weighted by atomic mass is 16.5. The van der Waals surface area contributed by atoms with Gasteiger partial charge >= 0.3 is 0 Å². The van der Waals surface area contributed by atoms with E-state index in [0.717, 1.165) is 16.8 Å². The first-order valence-electron chi connectivity index (χ1n) is 6.93. The predicted molar refractivity (Wildman–Crippen MR) is 86.9 cm³/mol. The summed E-state index contributed by atoms with van der Waals surface area (Å²) < 4.78 is 5.47. The second-order valence-electron chi connectivity index (χ2n) is 4.55. The molecule has 0 bridgehead atoms. The first-order valence-corrected chi connectivity index (χ1v) is 6.93. The molecule has 0 heterocycles. The third-order valence-corrected chi connectivity index (χ3v) is 2.96. The molecule has 0 aliphatic carbocycles. The van der Waals surface area contributed by atoms with E-state index in [2.05, 4.69) is 11.6 Å². The molecule has 0 atom stereocenters. The monoisotopic (exact) mass is 281 g/mol. The lowest BCUT2D eigenvalue weighted by Crippen LogP contribution is -1.96. The van der Waals surface area contributed by atoms with Gasteiger partial charge in [0.25, 0.3) is 0 Å². The summed E-state index contributed by atoms with van der Waals surface area (Å²) in [6, 6.07) is 13.4. The van der Waals surface area contributed by atoms with Gasteiger partial charge in [0.05, 0.1) is 12.3 Å². The van der Waals surface area contributed by atoms with Crippen LogP contribution in [0.15, 0.2) is 60.1 Å². The Bertz CT molecular complexity index is 633. The molecular formula is C18H19NO2. The van der Waals surface area contributed by atoms with Gasteiger partial charge in [-0.1, -0.05) is 24.3 Å². The van der Waals surface area contributed by atoms with Crippen LogP contribution in [-0.2, 0) is 6.42 Å². The van der Waals surface area contributed by atoms with Crippen LogP contribution in [0.4, 0.5) is 5.69 Å². The molecule has 2 aromatic carbocycles. The summed E-state index contributed by atoms with van der Waals surface area (Å²) in [4.78, 5) is 4.42. The summed E-state index contributed by atoms with van der Waals surface area (Å²) in [6.45, 7) is 6.10. The molecule has 3 heteroatoms. The maximum absolute atomic E-state index is 10.1. The van der Waals surface area contributed by atoms with E-state index in [-0.39, 0.29) is 5.75 Å². The van der Waals surface area contributed by atoms with E-state index >= 15 is 0 Å². The number of phenolic OH excluding ortho intramolecular Hbond substituents is 1. The minimum atomic E-state index is 0.175. The van der Waals surface area contributed by atoms with E-state index in [1.165, 1.54) is 0 Å². The van der Waals surface area contributed by atoms with E-state index in [1.54, 1.807) is 18.4 Å². The van der Waals surface area contributed by atoms with E-state index in [1.807, 2.05) is 43.3 Å². The van der Waals surface area contributed by atoms with Crippen molar-refractivity contribution < 1.29 is 9.84 Å². The molecule has 0 saturated carbocycles. The number of benzene rings is 2. The van der Waals surface area contributed by atoms with Crippen molar-refractivity contribution in [2.75, 3.05) is 6.61 Å². The molecule has 0 spiro atoms. The van der Waals surface area contributed by atoms with Crippen molar-refractivity contribution in [1.29, 1.82) is 0 Å². The van der Waals surface area contributed by atoms with Gasteiger partial charge in [0.1, 0.15) is 0 Å². The number of ether oxygens (including phenoxy) is 1. The standard InChI is InChI=1S/C18H19NO2/c1-3-8-15-11-14(12-17(18(15)20)21-4-2)13-19-16-9-6-5-7-10-16/h3,5-7,9-13,20H,1,4,8H2,2H3. The summed E-state index contributed by atoms with van der Waals surface area (Å²) in [7, 11) is 0. The minimum Gasteiger partial charge on any atom is -0.504 e. The highest BCUT2D eigenvalue weighted by Crippen LogP contribution is 2.32. The van der Waals surface area contributed by atoms with Crippen LogP contribution in [0, 0.1) is 0 Å². The van der Waals surface area contributed by atoms with Crippen LogP contribution in [0.25, 0.3) is 0 Å². The summed E-state index contributed by atoms with van der Waals surface area (Å²) in [5.74, 6) is 0.653. The zero-order valence-electron chi connectivity index (χ0n) is 12.1. The van der Waals surface area contributed by atoms with Crippen molar-refractivity contribution in [1.82, 2.24) is 0 Å². The normalized spacial score (nSPS) is 10.7.